The van der Waals surface area contributed by atoms with Gasteiger partial charge in [-0.25, -0.2) is 0 Å². The molecule has 106 valence electrons. The first-order valence-corrected chi connectivity index (χ1v) is 6.27. The molecule has 0 heterocycles. The molecule has 0 amide bonds. The van der Waals surface area contributed by atoms with Crippen molar-refractivity contribution in [1.82, 2.24) is 5.32 Å². The van der Waals surface area contributed by atoms with Gasteiger partial charge in [-0.3, -0.25) is 4.79 Å². The zero-order valence-electron chi connectivity index (χ0n) is 11.2. The monoisotopic (exact) mass is 287 g/mol. The summed E-state index contributed by atoms with van der Waals surface area (Å²) in [6.45, 7) is 4.05. The van der Waals surface area contributed by atoms with Crippen LogP contribution in [0, 0.1) is 0 Å². The van der Waals surface area contributed by atoms with E-state index >= 15 is 0 Å². The summed E-state index contributed by atoms with van der Waals surface area (Å²) in [6, 6.07) is 3.42. The van der Waals surface area contributed by atoms with Gasteiger partial charge in [-0.1, -0.05) is 11.6 Å². The third kappa shape index (κ3) is 4.96. The Morgan fingerprint density at radius 2 is 2.11 bits per heavy atom. The van der Waals surface area contributed by atoms with Crippen LogP contribution in [0.4, 0.5) is 0 Å². The van der Waals surface area contributed by atoms with Gasteiger partial charge in [0.2, 0.25) is 0 Å². The highest BCUT2D eigenvalue weighted by Gasteiger charge is 2.12. The van der Waals surface area contributed by atoms with Gasteiger partial charge in [0.25, 0.3) is 0 Å². The van der Waals surface area contributed by atoms with Crippen LogP contribution in [0.2, 0.25) is 5.02 Å². The van der Waals surface area contributed by atoms with Crippen molar-refractivity contribution < 1.29 is 19.4 Å². The lowest BCUT2D eigenvalue weighted by molar-refractivity contribution is -0.135. The number of hydrogen-bond acceptors (Lipinski definition) is 4. The normalized spacial score (nSPS) is 10.6. The van der Waals surface area contributed by atoms with Crippen LogP contribution < -0.4 is 14.8 Å². The fraction of sp³-hybridized carbons (Fsp3) is 0.462. The Bertz CT molecular complexity index is 449. The number of halogens is 1. The standard InChI is InChI=1S/C13H18ClNO4/c1-8(2)19-12-5-10(14)9(4-11(12)18-3)6-15-7-13(16)17/h4-5,8,15H,6-7H2,1-3H3,(H,16,17). The van der Waals surface area contributed by atoms with E-state index in [9.17, 15) is 4.79 Å². The van der Waals surface area contributed by atoms with E-state index in [-0.39, 0.29) is 12.6 Å². The molecule has 19 heavy (non-hydrogen) atoms. The van der Waals surface area contributed by atoms with E-state index in [1.54, 1.807) is 19.2 Å². The number of ether oxygens (including phenoxy) is 2. The molecule has 0 saturated heterocycles. The van der Waals surface area contributed by atoms with Crippen molar-refractivity contribution in [2.45, 2.75) is 26.5 Å². The molecule has 0 aliphatic carbocycles. The Labute approximate surface area is 117 Å². The van der Waals surface area contributed by atoms with Crippen molar-refractivity contribution in [3.63, 3.8) is 0 Å². The van der Waals surface area contributed by atoms with Gasteiger partial charge < -0.3 is 19.9 Å². The molecule has 0 spiro atoms. The first-order valence-electron chi connectivity index (χ1n) is 5.89. The number of carbonyl (C=O) groups is 1. The molecule has 2 N–H and O–H groups in total. The van der Waals surface area contributed by atoms with Gasteiger partial charge in [0, 0.05) is 17.6 Å². The van der Waals surface area contributed by atoms with E-state index in [0.717, 1.165) is 5.56 Å². The summed E-state index contributed by atoms with van der Waals surface area (Å²) >= 11 is 6.13. The summed E-state index contributed by atoms with van der Waals surface area (Å²) in [7, 11) is 1.55. The number of aliphatic carboxylic acids is 1. The Morgan fingerprint density at radius 1 is 1.42 bits per heavy atom. The molecule has 0 bridgehead atoms. The molecule has 0 saturated carbocycles. The van der Waals surface area contributed by atoms with Crippen molar-refractivity contribution in [1.29, 1.82) is 0 Å². The van der Waals surface area contributed by atoms with E-state index in [0.29, 0.717) is 23.1 Å². The highest BCUT2D eigenvalue weighted by atomic mass is 35.5. The maximum absolute atomic E-state index is 10.4. The minimum atomic E-state index is -0.914. The average molecular weight is 288 g/mol. The average Bonchev–Trinajstić information content (AvgIpc) is 2.30. The van der Waals surface area contributed by atoms with Gasteiger partial charge in [0.15, 0.2) is 11.5 Å². The fourth-order valence-electron chi connectivity index (χ4n) is 1.52. The maximum atomic E-state index is 10.4. The zero-order chi connectivity index (χ0) is 14.4. The number of hydrogen-bond donors (Lipinski definition) is 2. The molecule has 1 aromatic carbocycles. The van der Waals surface area contributed by atoms with Gasteiger partial charge in [0.05, 0.1) is 19.8 Å². The number of nitrogens with one attached hydrogen (secondary N) is 1. The van der Waals surface area contributed by atoms with Gasteiger partial charge >= 0.3 is 5.97 Å². The third-order valence-electron chi connectivity index (χ3n) is 2.29. The Hall–Kier alpha value is -1.46. The number of rotatable bonds is 7. The van der Waals surface area contributed by atoms with Gasteiger partial charge in [-0.2, -0.15) is 0 Å². The van der Waals surface area contributed by atoms with E-state index in [2.05, 4.69) is 5.32 Å². The Balaban J connectivity index is 2.86. The highest BCUT2D eigenvalue weighted by Crippen LogP contribution is 2.33. The molecule has 1 aromatic rings. The maximum Gasteiger partial charge on any atom is 0.317 e. The Kier molecular flexibility index (Phi) is 5.92. The summed E-state index contributed by atoms with van der Waals surface area (Å²) < 4.78 is 10.8. The zero-order valence-corrected chi connectivity index (χ0v) is 12.0. The second-order valence-corrected chi connectivity index (χ2v) is 4.67. The summed E-state index contributed by atoms with van der Waals surface area (Å²) in [5.41, 5.74) is 0.760. The van der Waals surface area contributed by atoms with E-state index in [4.69, 9.17) is 26.2 Å². The summed E-state index contributed by atoms with van der Waals surface area (Å²) in [4.78, 5) is 10.4. The van der Waals surface area contributed by atoms with Crippen LogP contribution >= 0.6 is 11.6 Å². The summed E-state index contributed by atoms with van der Waals surface area (Å²) in [5.74, 6) is 0.234. The molecule has 0 aromatic heterocycles. The lowest BCUT2D eigenvalue weighted by atomic mass is 10.2. The molecule has 0 atom stereocenters. The van der Waals surface area contributed by atoms with Gasteiger partial charge in [-0.05, 0) is 25.5 Å². The van der Waals surface area contributed by atoms with Crippen molar-refractivity contribution in [3.05, 3.63) is 22.7 Å². The first-order chi connectivity index (χ1) is 8.93. The molecular formula is C13H18ClNO4. The van der Waals surface area contributed by atoms with Crippen molar-refractivity contribution in [2.75, 3.05) is 13.7 Å². The number of benzene rings is 1. The lowest BCUT2D eigenvalue weighted by Gasteiger charge is -2.16. The molecule has 5 nitrogen and oxygen atoms in total. The van der Waals surface area contributed by atoms with Crippen LogP contribution in [-0.4, -0.2) is 30.8 Å². The molecule has 0 radical (unpaired) electrons. The first kappa shape index (κ1) is 15.6. The molecular weight excluding hydrogens is 270 g/mol. The number of methoxy groups -OCH3 is 1. The van der Waals surface area contributed by atoms with Crippen LogP contribution in [0.3, 0.4) is 0 Å². The quantitative estimate of drug-likeness (QED) is 0.805. The SMILES string of the molecule is COc1cc(CNCC(=O)O)c(Cl)cc1OC(C)C. The minimum absolute atomic E-state index is 0.0148. The van der Waals surface area contributed by atoms with Crippen LogP contribution in [0.15, 0.2) is 12.1 Å². The molecule has 0 unspecified atom stereocenters. The van der Waals surface area contributed by atoms with Crippen LogP contribution in [0.5, 0.6) is 11.5 Å². The van der Waals surface area contributed by atoms with E-state index < -0.39 is 5.97 Å². The van der Waals surface area contributed by atoms with E-state index in [1.165, 1.54) is 0 Å². The van der Waals surface area contributed by atoms with Crippen molar-refractivity contribution >= 4 is 17.6 Å². The third-order valence-corrected chi connectivity index (χ3v) is 2.64. The largest absolute Gasteiger partial charge is 0.493 e. The summed E-state index contributed by atoms with van der Waals surface area (Å²) in [5, 5.41) is 11.8. The predicted octanol–water partition coefficient (Wildman–Crippen LogP) is 2.31. The van der Waals surface area contributed by atoms with Crippen LogP contribution in [0.1, 0.15) is 19.4 Å². The lowest BCUT2D eigenvalue weighted by Crippen LogP contribution is -2.22. The topological polar surface area (TPSA) is 67.8 Å². The second-order valence-electron chi connectivity index (χ2n) is 4.26. The molecule has 0 fully saturated rings. The number of carboxylic acid groups (broad SMARTS) is 1. The van der Waals surface area contributed by atoms with Crippen LogP contribution in [0.25, 0.3) is 0 Å². The van der Waals surface area contributed by atoms with Crippen molar-refractivity contribution in [3.8, 4) is 11.5 Å². The molecule has 1 rings (SSSR count). The Morgan fingerprint density at radius 3 is 2.63 bits per heavy atom. The number of carboxylic acids is 1. The van der Waals surface area contributed by atoms with Gasteiger partial charge in [0.1, 0.15) is 0 Å². The highest BCUT2D eigenvalue weighted by molar-refractivity contribution is 6.31. The van der Waals surface area contributed by atoms with Crippen molar-refractivity contribution in [2.24, 2.45) is 0 Å². The smallest absolute Gasteiger partial charge is 0.317 e. The fourth-order valence-corrected chi connectivity index (χ4v) is 1.74. The van der Waals surface area contributed by atoms with Crippen LogP contribution in [-0.2, 0) is 11.3 Å². The predicted molar refractivity (Wildman–Crippen MR) is 73.1 cm³/mol. The van der Waals surface area contributed by atoms with E-state index in [1.807, 2.05) is 13.8 Å². The molecule has 6 heteroatoms. The van der Waals surface area contributed by atoms with Gasteiger partial charge in [-0.15, -0.1) is 0 Å². The molecule has 0 aliphatic rings. The minimum Gasteiger partial charge on any atom is -0.493 e. The second kappa shape index (κ2) is 7.21. The summed E-state index contributed by atoms with van der Waals surface area (Å²) in [6.07, 6.45) is 0.0148. The molecule has 0 aliphatic heterocycles.